The molecule has 32 heavy (non-hydrogen) atoms. The molecule has 7 nitrogen and oxygen atoms in total. The largest absolute Gasteiger partial charge is 0.342 e. The Bertz CT molecular complexity index is 1120. The van der Waals surface area contributed by atoms with E-state index in [1.807, 2.05) is 11.5 Å². The van der Waals surface area contributed by atoms with Gasteiger partial charge in [-0.1, -0.05) is 46.6 Å². The van der Waals surface area contributed by atoms with Crippen molar-refractivity contribution in [1.29, 1.82) is 0 Å². The van der Waals surface area contributed by atoms with Gasteiger partial charge >= 0.3 is 0 Å². The highest BCUT2D eigenvalue weighted by Gasteiger charge is 2.21. The third-order valence-electron chi connectivity index (χ3n) is 4.43. The average Bonchev–Trinajstić information content (AvgIpc) is 3.17. The zero-order chi connectivity index (χ0) is 23.3. The highest BCUT2D eigenvalue weighted by atomic mass is 35.5. The highest BCUT2D eigenvalue weighted by molar-refractivity contribution is 7.99. The van der Waals surface area contributed by atoms with Crippen LogP contribution in [-0.2, 0) is 11.3 Å². The van der Waals surface area contributed by atoms with Crippen molar-refractivity contribution < 1.29 is 9.59 Å². The van der Waals surface area contributed by atoms with Crippen molar-refractivity contribution in [3.05, 3.63) is 68.9 Å². The maximum atomic E-state index is 12.6. The van der Waals surface area contributed by atoms with Crippen LogP contribution in [0.25, 0.3) is 0 Å². The van der Waals surface area contributed by atoms with E-state index in [2.05, 4.69) is 20.8 Å². The van der Waals surface area contributed by atoms with Gasteiger partial charge in [0.15, 0.2) is 11.0 Å². The summed E-state index contributed by atoms with van der Waals surface area (Å²) in [5.41, 5.74) is 0.980. The van der Waals surface area contributed by atoms with E-state index in [9.17, 15) is 9.59 Å². The van der Waals surface area contributed by atoms with Crippen LogP contribution in [0.5, 0.6) is 0 Å². The van der Waals surface area contributed by atoms with Crippen LogP contribution in [0.4, 0.5) is 5.69 Å². The van der Waals surface area contributed by atoms with E-state index in [0.29, 0.717) is 38.8 Å². The maximum absolute atomic E-state index is 12.6. The van der Waals surface area contributed by atoms with E-state index in [4.69, 9.17) is 34.8 Å². The highest BCUT2D eigenvalue weighted by Crippen LogP contribution is 2.24. The van der Waals surface area contributed by atoms with Gasteiger partial charge in [0.05, 0.1) is 22.4 Å². The maximum Gasteiger partial charge on any atom is 0.253 e. The molecule has 1 heterocycles. The summed E-state index contributed by atoms with van der Waals surface area (Å²) in [5.74, 6) is 0.207. The molecule has 0 radical (unpaired) electrons. The molecule has 2 amide bonds. The van der Waals surface area contributed by atoms with Crippen molar-refractivity contribution >= 4 is 64.1 Å². The van der Waals surface area contributed by atoms with Crippen LogP contribution in [0.15, 0.2) is 47.6 Å². The van der Waals surface area contributed by atoms with Crippen LogP contribution in [0, 0.1) is 0 Å². The number of rotatable bonds is 8. The lowest BCUT2D eigenvalue weighted by Gasteiger charge is -2.15. The van der Waals surface area contributed by atoms with E-state index >= 15 is 0 Å². The number of carbonyl (C=O) groups is 2. The molecule has 0 saturated heterocycles. The molecule has 3 rings (SSSR count). The number of anilines is 1. The van der Waals surface area contributed by atoms with Gasteiger partial charge in [-0.3, -0.25) is 9.59 Å². The summed E-state index contributed by atoms with van der Waals surface area (Å²) >= 11 is 19.1. The van der Waals surface area contributed by atoms with Crippen LogP contribution < -0.4 is 10.6 Å². The third kappa shape index (κ3) is 6.16. The zero-order valence-electron chi connectivity index (χ0n) is 17.2. The number of nitrogens with zero attached hydrogens (tertiary/aromatic N) is 3. The number of aromatic nitrogens is 3. The molecule has 0 spiro atoms. The molecule has 0 bridgehead atoms. The molecule has 0 fully saturated rings. The minimum absolute atomic E-state index is 0.155. The Kier molecular flexibility index (Phi) is 8.42. The molecule has 0 saturated carbocycles. The molecule has 168 valence electrons. The van der Waals surface area contributed by atoms with E-state index in [-0.39, 0.29) is 22.6 Å². The predicted octanol–water partition coefficient (Wildman–Crippen LogP) is 5.48. The lowest BCUT2D eigenvalue weighted by Crippen LogP contribution is -2.29. The van der Waals surface area contributed by atoms with Gasteiger partial charge in [-0.15, -0.1) is 10.2 Å². The molecule has 2 N–H and O–H groups in total. The Labute approximate surface area is 204 Å². The Morgan fingerprint density at radius 2 is 1.75 bits per heavy atom. The minimum atomic E-state index is -0.432. The SMILES string of the molecule is CCn1c(SCC(=O)Nc2ccc(Cl)cc2)nnc1[C@H](C)NC(=O)c1ccc(Cl)cc1Cl. The molecular weight excluding hydrogens is 493 g/mol. The lowest BCUT2D eigenvalue weighted by molar-refractivity contribution is -0.113. The van der Waals surface area contributed by atoms with Crippen molar-refractivity contribution in [3.63, 3.8) is 0 Å². The molecule has 0 aliphatic carbocycles. The molecule has 11 heteroatoms. The van der Waals surface area contributed by atoms with Crippen molar-refractivity contribution in [2.45, 2.75) is 31.6 Å². The van der Waals surface area contributed by atoms with Gasteiger partial charge in [-0.25, -0.2) is 0 Å². The second-order valence-corrected chi connectivity index (χ2v) is 8.97. The predicted molar refractivity (Wildman–Crippen MR) is 129 cm³/mol. The lowest BCUT2D eigenvalue weighted by atomic mass is 10.2. The van der Waals surface area contributed by atoms with Gasteiger partial charge < -0.3 is 15.2 Å². The Morgan fingerprint density at radius 1 is 1.06 bits per heavy atom. The van der Waals surface area contributed by atoms with Crippen LogP contribution >= 0.6 is 46.6 Å². The molecule has 1 aromatic heterocycles. The quantitative estimate of drug-likeness (QED) is 0.390. The zero-order valence-corrected chi connectivity index (χ0v) is 20.3. The van der Waals surface area contributed by atoms with Crippen LogP contribution in [0.1, 0.15) is 36.1 Å². The van der Waals surface area contributed by atoms with E-state index < -0.39 is 6.04 Å². The Balaban J connectivity index is 1.63. The second kappa shape index (κ2) is 11.0. The van der Waals surface area contributed by atoms with Gasteiger partial charge in [0.2, 0.25) is 5.91 Å². The summed E-state index contributed by atoms with van der Waals surface area (Å²) in [6.07, 6.45) is 0. The van der Waals surface area contributed by atoms with Gasteiger partial charge in [-0.2, -0.15) is 0 Å². The average molecular weight is 513 g/mol. The number of hydrogen-bond donors (Lipinski definition) is 2. The number of hydrogen-bond acceptors (Lipinski definition) is 5. The van der Waals surface area contributed by atoms with E-state index in [0.717, 1.165) is 0 Å². The Hall–Kier alpha value is -2.26. The second-order valence-electron chi connectivity index (χ2n) is 6.75. The normalized spacial score (nSPS) is 11.8. The summed E-state index contributed by atoms with van der Waals surface area (Å²) in [6, 6.07) is 11.1. The number of amides is 2. The van der Waals surface area contributed by atoms with Crippen LogP contribution in [0.2, 0.25) is 15.1 Å². The molecule has 0 aliphatic heterocycles. The summed E-state index contributed by atoms with van der Waals surface area (Å²) < 4.78 is 1.86. The van der Waals surface area contributed by atoms with Crippen molar-refractivity contribution in [2.24, 2.45) is 0 Å². The fourth-order valence-corrected chi connectivity index (χ4v) is 4.33. The number of thioether (sulfide) groups is 1. The summed E-state index contributed by atoms with van der Waals surface area (Å²) in [5, 5.41) is 16.0. The summed E-state index contributed by atoms with van der Waals surface area (Å²) in [6.45, 7) is 4.32. The fraction of sp³-hybridized carbons (Fsp3) is 0.238. The molecule has 0 unspecified atom stereocenters. The summed E-state index contributed by atoms with van der Waals surface area (Å²) in [4.78, 5) is 24.9. The van der Waals surface area contributed by atoms with Crippen LogP contribution in [0.3, 0.4) is 0 Å². The molecular formula is C21H20Cl3N5O2S. The first kappa shape index (κ1) is 24.4. The number of carbonyl (C=O) groups excluding carboxylic acids is 2. The topological polar surface area (TPSA) is 88.9 Å². The van der Waals surface area contributed by atoms with Gasteiger partial charge in [0.25, 0.3) is 5.91 Å². The van der Waals surface area contributed by atoms with Crippen molar-refractivity contribution in [2.75, 3.05) is 11.1 Å². The molecule has 3 aromatic rings. The van der Waals surface area contributed by atoms with Crippen molar-refractivity contribution in [1.82, 2.24) is 20.1 Å². The van der Waals surface area contributed by atoms with Gasteiger partial charge in [0.1, 0.15) is 0 Å². The standard InChI is InChI=1S/C21H20Cl3N5O2S/c1-3-29-19(12(2)25-20(31)16-9-6-14(23)10-17(16)24)27-28-21(29)32-11-18(30)26-15-7-4-13(22)5-8-15/h4-10,12H,3,11H2,1-2H3,(H,25,31)(H,26,30)/t12-/m0/s1. The fourth-order valence-electron chi connectivity index (χ4n) is 2.90. The number of nitrogens with one attached hydrogen (secondary N) is 2. The monoisotopic (exact) mass is 511 g/mol. The molecule has 0 aliphatic rings. The molecule has 2 aromatic carbocycles. The van der Waals surface area contributed by atoms with Crippen molar-refractivity contribution in [3.8, 4) is 0 Å². The third-order valence-corrected chi connectivity index (χ3v) is 6.20. The smallest absolute Gasteiger partial charge is 0.253 e. The number of benzene rings is 2. The van der Waals surface area contributed by atoms with E-state index in [1.54, 1.807) is 43.3 Å². The first-order valence-electron chi connectivity index (χ1n) is 9.65. The first-order chi connectivity index (χ1) is 15.3. The van der Waals surface area contributed by atoms with Gasteiger partial charge in [-0.05, 0) is 56.3 Å². The molecule has 1 atom stereocenters. The Morgan fingerprint density at radius 3 is 2.41 bits per heavy atom. The summed E-state index contributed by atoms with van der Waals surface area (Å²) in [7, 11) is 0. The minimum Gasteiger partial charge on any atom is -0.342 e. The number of halogens is 3. The first-order valence-corrected chi connectivity index (χ1v) is 11.8. The van der Waals surface area contributed by atoms with E-state index in [1.165, 1.54) is 17.8 Å². The van der Waals surface area contributed by atoms with Crippen LogP contribution in [-0.4, -0.2) is 32.3 Å². The van der Waals surface area contributed by atoms with Gasteiger partial charge in [0, 0.05) is 22.3 Å².